The van der Waals surface area contributed by atoms with Crippen molar-refractivity contribution in [2.75, 3.05) is 12.0 Å². The van der Waals surface area contributed by atoms with Crippen LogP contribution in [0.1, 0.15) is 16.7 Å². The molecule has 0 radical (unpaired) electrons. The zero-order valence-electron chi connectivity index (χ0n) is 14.7. The number of anilines is 1. The predicted molar refractivity (Wildman–Crippen MR) is 97.9 cm³/mol. The molecule has 26 heavy (non-hydrogen) atoms. The zero-order valence-corrected chi connectivity index (χ0v) is 14.7. The number of nitrogens with zero attached hydrogens (tertiary/aromatic N) is 1. The molecule has 1 saturated heterocycles. The Morgan fingerprint density at radius 3 is 2.54 bits per heavy atom. The number of urea groups is 1. The van der Waals surface area contributed by atoms with Gasteiger partial charge in [0.2, 0.25) is 0 Å². The Morgan fingerprint density at radius 1 is 1.04 bits per heavy atom. The van der Waals surface area contributed by atoms with Crippen LogP contribution in [-0.4, -0.2) is 25.0 Å². The van der Waals surface area contributed by atoms with Gasteiger partial charge in [-0.3, -0.25) is 14.9 Å². The molecule has 2 aromatic rings. The lowest BCUT2D eigenvalue weighted by molar-refractivity contribution is -0.122. The lowest BCUT2D eigenvalue weighted by Gasteiger charge is -2.27. The summed E-state index contributed by atoms with van der Waals surface area (Å²) in [5.41, 5.74) is 2.63. The highest BCUT2D eigenvalue weighted by Crippen LogP contribution is 2.26. The average Bonchev–Trinajstić information content (AvgIpc) is 2.61. The number of ether oxygens (including phenoxy) is 1. The van der Waals surface area contributed by atoms with E-state index < -0.39 is 17.8 Å². The molecule has 0 saturated carbocycles. The van der Waals surface area contributed by atoms with Crippen molar-refractivity contribution in [1.29, 1.82) is 0 Å². The van der Waals surface area contributed by atoms with Crippen LogP contribution in [0.4, 0.5) is 10.5 Å². The fraction of sp³-hybridized carbons (Fsp3) is 0.150. The molecule has 2 aromatic carbocycles. The Kier molecular flexibility index (Phi) is 4.58. The molecule has 0 aliphatic carbocycles. The summed E-state index contributed by atoms with van der Waals surface area (Å²) < 4.78 is 5.15. The van der Waals surface area contributed by atoms with Crippen molar-refractivity contribution in [1.82, 2.24) is 5.32 Å². The lowest BCUT2D eigenvalue weighted by atomic mass is 10.0. The van der Waals surface area contributed by atoms with Crippen molar-refractivity contribution < 1.29 is 19.1 Å². The van der Waals surface area contributed by atoms with Gasteiger partial charge in [0.25, 0.3) is 11.8 Å². The lowest BCUT2D eigenvalue weighted by Crippen LogP contribution is -2.54. The second kappa shape index (κ2) is 6.84. The Balaban J connectivity index is 2.05. The molecule has 0 aromatic heterocycles. The van der Waals surface area contributed by atoms with Gasteiger partial charge in [-0.05, 0) is 54.8 Å². The molecular weight excluding hydrogens is 332 g/mol. The molecule has 0 unspecified atom stereocenters. The monoisotopic (exact) mass is 350 g/mol. The summed E-state index contributed by atoms with van der Waals surface area (Å²) in [7, 11) is 1.53. The number of barbiturate groups is 1. The van der Waals surface area contributed by atoms with Crippen molar-refractivity contribution in [3.8, 4) is 5.75 Å². The fourth-order valence-electron chi connectivity index (χ4n) is 2.73. The number of aryl methyl sites for hydroxylation is 2. The molecule has 1 fully saturated rings. The number of carbonyl (C=O) groups is 3. The third-order valence-corrected chi connectivity index (χ3v) is 4.11. The van der Waals surface area contributed by atoms with Gasteiger partial charge in [0, 0.05) is 0 Å². The number of hydrogen-bond acceptors (Lipinski definition) is 4. The molecule has 0 bridgehead atoms. The maximum atomic E-state index is 12.9. The van der Waals surface area contributed by atoms with Gasteiger partial charge in [-0.25, -0.2) is 9.69 Å². The first-order valence-corrected chi connectivity index (χ1v) is 8.03. The number of rotatable bonds is 3. The Labute approximate surface area is 151 Å². The molecule has 1 heterocycles. The summed E-state index contributed by atoms with van der Waals surface area (Å²) in [5, 5.41) is 2.23. The number of nitrogens with one attached hydrogen (secondary N) is 1. The van der Waals surface area contributed by atoms with E-state index in [1.165, 1.54) is 13.2 Å². The fourth-order valence-corrected chi connectivity index (χ4v) is 2.73. The van der Waals surface area contributed by atoms with Crippen LogP contribution in [0, 0.1) is 13.8 Å². The molecule has 4 amide bonds. The van der Waals surface area contributed by atoms with E-state index in [-0.39, 0.29) is 5.57 Å². The minimum Gasteiger partial charge on any atom is -0.497 e. The zero-order chi connectivity index (χ0) is 18.8. The molecule has 1 aliphatic heterocycles. The van der Waals surface area contributed by atoms with E-state index in [9.17, 15) is 14.4 Å². The van der Waals surface area contributed by atoms with Gasteiger partial charge in [0.1, 0.15) is 11.3 Å². The number of hydrogen-bond donors (Lipinski definition) is 1. The number of methoxy groups -OCH3 is 1. The first-order valence-electron chi connectivity index (χ1n) is 8.03. The van der Waals surface area contributed by atoms with Crippen LogP contribution in [0.2, 0.25) is 0 Å². The summed E-state index contributed by atoms with van der Waals surface area (Å²) in [6.45, 7) is 3.67. The van der Waals surface area contributed by atoms with Crippen LogP contribution in [-0.2, 0) is 9.59 Å². The smallest absolute Gasteiger partial charge is 0.335 e. The van der Waals surface area contributed by atoms with E-state index in [1.807, 2.05) is 19.1 Å². The van der Waals surface area contributed by atoms with E-state index in [4.69, 9.17) is 4.74 Å². The maximum Gasteiger partial charge on any atom is 0.335 e. The normalized spacial score (nSPS) is 16.0. The Hall–Kier alpha value is -3.41. The largest absolute Gasteiger partial charge is 0.497 e. The summed E-state index contributed by atoms with van der Waals surface area (Å²) in [6, 6.07) is 11.7. The Morgan fingerprint density at radius 2 is 1.81 bits per heavy atom. The van der Waals surface area contributed by atoms with E-state index >= 15 is 0 Å². The van der Waals surface area contributed by atoms with Gasteiger partial charge in [0.05, 0.1) is 12.8 Å². The first kappa shape index (κ1) is 17.4. The molecule has 6 heteroatoms. The van der Waals surface area contributed by atoms with Crippen LogP contribution in [0.25, 0.3) is 6.08 Å². The minimum absolute atomic E-state index is 0.112. The quantitative estimate of drug-likeness (QED) is 0.682. The minimum atomic E-state index is -0.753. The predicted octanol–water partition coefficient (Wildman–Crippen LogP) is 2.98. The number of carbonyl (C=O) groups excluding carboxylic acids is 3. The highest BCUT2D eigenvalue weighted by molar-refractivity contribution is 6.39. The molecule has 3 rings (SSSR count). The average molecular weight is 350 g/mol. The third-order valence-electron chi connectivity index (χ3n) is 4.11. The van der Waals surface area contributed by atoms with Crippen molar-refractivity contribution in [2.24, 2.45) is 0 Å². The van der Waals surface area contributed by atoms with Crippen molar-refractivity contribution in [3.05, 3.63) is 64.7 Å². The van der Waals surface area contributed by atoms with Crippen LogP contribution < -0.4 is 15.0 Å². The molecule has 0 spiro atoms. The maximum absolute atomic E-state index is 12.9. The van der Waals surface area contributed by atoms with E-state index in [1.54, 1.807) is 37.3 Å². The number of amides is 4. The van der Waals surface area contributed by atoms with Crippen molar-refractivity contribution in [2.45, 2.75) is 13.8 Å². The highest BCUT2D eigenvalue weighted by atomic mass is 16.5. The van der Waals surface area contributed by atoms with Crippen molar-refractivity contribution >= 4 is 29.6 Å². The van der Waals surface area contributed by atoms with Crippen molar-refractivity contribution in [3.63, 3.8) is 0 Å². The van der Waals surface area contributed by atoms with E-state index in [2.05, 4.69) is 5.32 Å². The number of imide groups is 2. The van der Waals surface area contributed by atoms with Crippen LogP contribution in [0.3, 0.4) is 0 Å². The van der Waals surface area contributed by atoms with Gasteiger partial charge in [-0.2, -0.15) is 0 Å². The standard InChI is InChI=1S/C20H18N2O4/c1-12-7-8-13(2)17(9-12)22-19(24)16(18(23)21-20(22)25)11-14-5-4-6-15(10-14)26-3/h4-11H,1-3H3,(H,21,23,25)/b16-11+. The molecule has 1 N–H and O–H groups in total. The second-order valence-electron chi connectivity index (χ2n) is 6.02. The second-order valence-corrected chi connectivity index (χ2v) is 6.02. The van der Waals surface area contributed by atoms with E-state index in [0.29, 0.717) is 17.0 Å². The van der Waals surface area contributed by atoms with Gasteiger partial charge < -0.3 is 4.74 Å². The van der Waals surface area contributed by atoms with Crippen LogP contribution >= 0.6 is 0 Å². The summed E-state index contributed by atoms with van der Waals surface area (Å²) >= 11 is 0. The summed E-state index contributed by atoms with van der Waals surface area (Å²) in [5.74, 6) is -0.773. The molecule has 6 nitrogen and oxygen atoms in total. The van der Waals surface area contributed by atoms with Gasteiger partial charge >= 0.3 is 6.03 Å². The van der Waals surface area contributed by atoms with Gasteiger partial charge in [-0.1, -0.05) is 24.3 Å². The molecule has 0 atom stereocenters. The SMILES string of the molecule is COc1cccc(/C=C2\C(=O)NC(=O)N(c3cc(C)ccc3C)C2=O)c1. The Bertz CT molecular complexity index is 947. The highest BCUT2D eigenvalue weighted by Gasteiger charge is 2.37. The summed E-state index contributed by atoms with van der Waals surface area (Å²) in [4.78, 5) is 38.4. The van der Waals surface area contributed by atoms with Crippen LogP contribution in [0.5, 0.6) is 5.75 Å². The first-order chi connectivity index (χ1) is 12.4. The third kappa shape index (κ3) is 3.21. The molecular formula is C20H18N2O4. The topological polar surface area (TPSA) is 75.7 Å². The number of benzene rings is 2. The molecule has 132 valence electrons. The van der Waals surface area contributed by atoms with Gasteiger partial charge in [0.15, 0.2) is 0 Å². The summed E-state index contributed by atoms with van der Waals surface area (Å²) in [6.07, 6.45) is 1.45. The van der Waals surface area contributed by atoms with Crippen LogP contribution in [0.15, 0.2) is 48.0 Å². The van der Waals surface area contributed by atoms with Gasteiger partial charge in [-0.15, -0.1) is 0 Å². The van der Waals surface area contributed by atoms with E-state index in [0.717, 1.165) is 16.0 Å². The molecule has 1 aliphatic rings.